The Balaban J connectivity index is 1.70. The molecular weight excluding hydrogens is 430 g/mol. The molecule has 1 heterocycles. The number of carbonyl (C=O) groups excluding carboxylic acids is 1. The van der Waals surface area contributed by atoms with Crippen molar-refractivity contribution in [2.24, 2.45) is 4.99 Å². The summed E-state index contributed by atoms with van der Waals surface area (Å²) in [4.78, 5) is 17.4. The number of methoxy groups -OCH3 is 2. The van der Waals surface area contributed by atoms with Crippen LogP contribution in [0.2, 0.25) is 0 Å². The number of carbonyl (C=O) groups is 1. The van der Waals surface area contributed by atoms with E-state index in [1.807, 2.05) is 12.1 Å². The lowest BCUT2D eigenvalue weighted by Crippen LogP contribution is -2.30. The lowest BCUT2D eigenvalue weighted by Gasteiger charge is -2.35. The number of hydrogen-bond donors (Lipinski definition) is 1. The predicted molar refractivity (Wildman–Crippen MR) is 121 cm³/mol. The summed E-state index contributed by atoms with van der Waals surface area (Å²) < 4.78 is 41.1. The largest absolute Gasteiger partial charge is 0.493 e. The van der Waals surface area contributed by atoms with Crippen LogP contribution in [-0.2, 0) is 4.74 Å². The fourth-order valence-corrected chi connectivity index (χ4v) is 4.68. The zero-order valence-corrected chi connectivity index (χ0v) is 18.8. The lowest BCUT2D eigenvalue weighted by atomic mass is 9.75. The van der Waals surface area contributed by atoms with E-state index < -0.39 is 6.61 Å². The maximum Gasteiger partial charge on any atom is 0.387 e. The summed E-state index contributed by atoms with van der Waals surface area (Å²) in [6.45, 7) is -2.05. The summed E-state index contributed by atoms with van der Waals surface area (Å²) >= 11 is 0. The Bertz CT molecular complexity index is 1020. The van der Waals surface area contributed by atoms with E-state index in [-0.39, 0.29) is 29.4 Å². The van der Waals surface area contributed by atoms with Gasteiger partial charge in [-0.15, -0.1) is 0 Å². The Morgan fingerprint density at radius 2 is 1.88 bits per heavy atom. The molecule has 4 rings (SSSR count). The molecule has 1 saturated carbocycles. The average Bonchev–Trinajstić information content (AvgIpc) is 2.83. The van der Waals surface area contributed by atoms with E-state index in [4.69, 9.17) is 19.2 Å². The van der Waals surface area contributed by atoms with Crippen molar-refractivity contribution in [3.05, 3.63) is 58.7 Å². The van der Waals surface area contributed by atoms with E-state index in [2.05, 4.69) is 5.32 Å². The molecular formula is C25H28F2N2O4. The molecule has 176 valence electrons. The zero-order valence-electron chi connectivity index (χ0n) is 18.8. The number of amides is 1. The molecule has 0 spiro atoms. The van der Waals surface area contributed by atoms with Gasteiger partial charge in [0.15, 0.2) is 11.5 Å². The van der Waals surface area contributed by atoms with Crippen LogP contribution in [0.3, 0.4) is 0 Å². The molecule has 1 fully saturated rings. The van der Waals surface area contributed by atoms with Crippen molar-refractivity contribution < 1.29 is 27.8 Å². The van der Waals surface area contributed by atoms with Crippen molar-refractivity contribution in [1.29, 1.82) is 0 Å². The van der Waals surface area contributed by atoms with E-state index >= 15 is 0 Å². The Kier molecular flexibility index (Phi) is 7.23. The number of aliphatic imine (C=N–C) groups is 1. The fraction of sp³-hybridized carbons (Fsp3) is 0.440. The number of fused-ring (bicyclic) bond motifs is 3. The van der Waals surface area contributed by atoms with Gasteiger partial charge in [-0.1, -0.05) is 25.0 Å². The van der Waals surface area contributed by atoms with Crippen LogP contribution in [0.25, 0.3) is 0 Å². The Morgan fingerprint density at radius 1 is 1.12 bits per heavy atom. The van der Waals surface area contributed by atoms with Gasteiger partial charge in [0.1, 0.15) is 0 Å². The van der Waals surface area contributed by atoms with Crippen LogP contribution in [0, 0.1) is 0 Å². The van der Waals surface area contributed by atoms with E-state index in [9.17, 15) is 13.6 Å². The summed E-state index contributed by atoms with van der Waals surface area (Å²) in [5.74, 6) is 0.270. The summed E-state index contributed by atoms with van der Waals surface area (Å²) in [7, 11) is 3.01. The second-order valence-electron chi connectivity index (χ2n) is 8.23. The average molecular weight is 459 g/mol. The third kappa shape index (κ3) is 5.00. The molecule has 2 atom stereocenters. The number of alkyl halides is 2. The molecule has 2 aliphatic rings. The predicted octanol–water partition coefficient (Wildman–Crippen LogP) is 4.55. The van der Waals surface area contributed by atoms with Gasteiger partial charge in [-0.05, 0) is 42.7 Å². The number of benzene rings is 2. The first-order valence-corrected chi connectivity index (χ1v) is 11.1. The van der Waals surface area contributed by atoms with Crippen LogP contribution < -0.4 is 14.8 Å². The number of halogens is 2. The molecule has 0 radical (unpaired) electrons. The van der Waals surface area contributed by atoms with Crippen LogP contribution in [-0.4, -0.2) is 51.6 Å². The van der Waals surface area contributed by atoms with Crippen molar-refractivity contribution in [1.82, 2.24) is 5.32 Å². The molecule has 33 heavy (non-hydrogen) atoms. The minimum absolute atomic E-state index is 0.0416. The Labute approximate surface area is 191 Å². The molecule has 1 amide bonds. The third-order valence-corrected chi connectivity index (χ3v) is 6.24. The third-order valence-electron chi connectivity index (χ3n) is 6.24. The first kappa shape index (κ1) is 23.2. The molecule has 0 unspecified atom stereocenters. The van der Waals surface area contributed by atoms with Gasteiger partial charge in [0.05, 0.1) is 25.5 Å². The zero-order chi connectivity index (χ0) is 23.4. The van der Waals surface area contributed by atoms with Gasteiger partial charge in [-0.2, -0.15) is 8.78 Å². The van der Waals surface area contributed by atoms with Crippen molar-refractivity contribution in [3.8, 4) is 11.5 Å². The summed E-state index contributed by atoms with van der Waals surface area (Å²) in [5.41, 5.74) is 4.00. The molecule has 0 bridgehead atoms. The second-order valence-corrected chi connectivity index (χ2v) is 8.23. The van der Waals surface area contributed by atoms with Crippen LogP contribution in [0.1, 0.15) is 58.6 Å². The molecule has 1 N–H and O–H groups in total. The van der Waals surface area contributed by atoms with Gasteiger partial charge in [-0.3, -0.25) is 9.79 Å². The van der Waals surface area contributed by atoms with Gasteiger partial charge in [-0.25, -0.2) is 0 Å². The van der Waals surface area contributed by atoms with E-state index in [0.717, 1.165) is 48.1 Å². The van der Waals surface area contributed by atoms with Crippen molar-refractivity contribution in [3.63, 3.8) is 0 Å². The molecule has 1 aliphatic heterocycles. The molecule has 2 aromatic carbocycles. The normalized spacial score (nSPS) is 19.4. The quantitative estimate of drug-likeness (QED) is 0.590. The van der Waals surface area contributed by atoms with Crippen molar-refractivity contribution >= 4 is 11.6 Å². The van der Waals surface area contributed by atoms with Gasteiger partial charge >= 0.3 is 6.61 Å². The Hall–Kier alpha value is -3.00. The summed E-state index contributed by atoms with van der Waals surface area (Å²) in [5, 5.41) is 2.80. The molecule has 2 aromatic rings. The second kappa shape index (κ2) is 10.3. The van der Waals surface area contributed by atoms with Crippen molar-refractivity contribution in [2.75, 3.05) is 27.4 Å². The standard InChI is InChI=1S/C25H28F2N2O4/c1-31-12-11-28-24(30)16-9-7-15(8-10-16)23-19-14-21(32-2)22(33-25(26)27)13-18(19)17-5-3-4-6-20(17)29-23/h7-10,13-14,17,20,25H,3-6,11-12H2,1-2H3,(H,28,30)/t17-,20-/m1/s1. The SMILES string of the molecule is COCCNC(=O)c1ccc(C2=N[C@@H]3CCCC[C@@H]3c3cc(OC(F)F)c(OC)cc32)cc1. The highest BCUT2D eigenvalue weighted by Crippen LogP contribution is 2.45. The van der Waals surface area contributed by atoms with Crippen LogP contribution in [0.15, 0.2) is 41.4 Å². The minimum Gasteiger partial charge on any atom is -0.493 e. The maximum atomic E-state index is 13.0. The van der Waals surface area contributed by atoms with Crippen LogP contribution in [0.5, 0.6) is 11.5 Å². The fourth-order valence-electron chi connectivity index (χ4n) is 4.68. The molecule has 0 aromatic heterocycles. The van der Waals surface area contributed by atoms with E-state index in [1.54, 1.807) is 31.4 Å². The van der Waals surface area contributed by atoms with Crippen molar-refractivity contribution in [2.45, 2.75) is 44.3 Å². The number of ether oxygens (including phenoxy) is 3. The van der Waals surface area contributed by atoms with Gasteiger partial charge in [0, 0.05) is 36.3 Å². The highest BCUT2D eigenvalue weighted by molar-refractivity contribution is 6.15. The van der Waals surface area contributed by atoms with E-state index in [0.29, 0.717) is 18.7 Å². The Morgan fingerprint density at radius 3 is 2.58 bits per heavy atom. The topological polar surface area (TPSA) is 69.2 Å². The number of rotatable bonds is 8. The van der Waals surface area contributed by atoms with Crippen LogP contribution in [0.4, 0.5) is 8.78 Å². The van der Waals surface area contributed by atoms with Gasteiger partial charge in [0.25, 0.3) is 5.91 Å². The lowest BCUT2D eigenvalue weighted by molar-refractivity contribution is -0.0512. The molecule has 1 aliphatic carbocycles. The first-order chi connectivity index (χ1) is 16.0. The smallest absolute Gasteiger partial charge is 0.387 e. The molecule has 8 heteroatoms. The summed E-state index contributed by atoms with van der Waals surface area (Å²) in [6, 6.07) is 10.8. The number of nitrogens with one attached hydrogen (secondary N) is 1. The highest BCUT2D eigenvalue weighted by atomic mass is 19.3. The molecule has 0 saturated heterocycles. The first-order valence-electron chi connectivity index (χ1n) is 11.1. The maximum absolute atomic E-state index is 13.0. The van der Waals surface area contributed by atoms with Gasteiger partial charge in [0.2, 0.25) is 0 Å². The minimum atomic E-state index is -2.93. The van der Waals surface area contributed by atoms with Gasteiger partial charge < -0.3 is 19.5 Å². The number of nitrogens with zero attached hydrogens (tertiary/aromatic N) is 1. The molecule has 6 nitrogen and oxygen atoms in total. The van der Waals surface area contributed by atoms with Crippen LogP contribution >= 0.6 is 0 Å². The highest BCUT2D eigenvalue weighted by Gasteiger charge is 2.35. The van der Waals surface area contributed by atoms with E-state index in [1.165, 1.54) is 7.11 Å². The summed E-state index contributed by atoms with van der Waals surface area (Å²) in [6.07, 6.45) is 4.07. The number of hydrogen-bond acceptors (Lipinski definition) is 5. The monoisotopic (exact) mass is 458 g/mol.